The molecule has 22 heavy (non-hydrogen) atoms. The van der Waals surface area contributed by atoms with Crippen LogP contribution in [0.4, 0.5) is 4.79 Å². The molecule has 0 spiro atoms. The molecule has 0 aromatic carbocycles. The first-order chi connectivity index (χ1) is 10.1. The van der Waals surface area contributed by atoms with Gasteiger partial charge in [-0.05, 0) is 32.6 Å². The molecule has 1 amide bonds. The Balaban J connectivity index is 2.65. The van der Waals surface area contributed by atoms with Crippen molar-refractivity contribution in [3.63, 3.8) is 0 Å². The van der Waals surface area contributed by atoms with Gasteiger partial charge in [0.15, 0.2) is 10.2 Å². The number of thioether (sulfide) groups is 2. The maximum atomic E-state index is 12.2. The fourth-order valence-corrected chi connectivity index (χ4v) is 3.89. The van der Waals surface area contributed by atoms with Gasteiger partial charge in [0.1, 0.15) is 5.60 Å². The molecule has 0 aromatic rings. The Morgan fingerprint density at radius 3 is 1.73 bits per heavy atom. The van der Waals surface area contributed by atoms with Gasteiger partial charge in [0.25, 0.3) is 0 Å². The molecule has 0 unspecified atom stereocenters. The van der Waals surface area contributed by atoms with Crippen molar-refractivity contribution in [1.82, 2.24) is 4.90 Å². The minimum absolute atomic E-state index is 0.0775. The zero-order valence-corrected chi connectivity index (χ0v) is 15.5. The molecule has 0 aliphatic carbocycles. The lowest BCUT2D eigenvalue weighted by molar-refractivity contribution is -0.110. The van der Waals surface area contributed by atoms with Crippen LogP contribution >= 0.6 is 23.5 Å². The monoisotopic (exact) mass is 347 g/mol. The van der Waals surface area contributed by atoms with Crippen LogP contribution in [0.1, 0.15) is 34.6 Å². The summed E-state index contributed by atoms with van der Waals surface area (Å²) in [6.07, 6.45) is -0.319. The van der Waals surface area contributed by atoms with Gasteiger partial charge in [-0.25, -0.2) is 4.79 Å². The normalized spacial score (nSPS) is 21.8. The SMILES string of the molecule is CC(=O)SC[C@@H]1CN(C(=O)OC(C)(C)C)C[C@H]1CSC(C)=O. The predicted molar refractivity (Wildman–Crippen MR) is 91.1 cm³/mol. The first kappa shape index (κ1) is 19.4. The molecule has 0 saturated carbocycles. The first-order valence-electron chi connectivity index (χ1n) is 7.33. The van der Waals surface area contributed by atoms with Gasteiger partial charge in [-0.15, -0.1) is 0 Å². The highest BCUT2D eigenvalue weighted by Crippen LogP contribution is 2.31. The van der Waals surface area contributed by atoms with Crippen LogP contribution in [0, 0.1) is 11.8 Å². The molecule has 1 heterocycles. The summed E-state index contributed by atoms with van der Waals surface area (Å²) in [6, 6.07) is 0. The summed E-state index contributed by atoms with van der Waals surface area (Å²) in [6.45, 7) is 9.78. The minimum Gasteiger partial charge on any atom is -0.444 e. The Bertz CT molecular complexity index is 408. The standard InChI is InChI=1S/C15H25NO4S2/c1-10(17)21-8-12-6-16(14(19)20-15(3,4)5)7-13(12)9-22-11(2)18/h12-13H,6-9H2,1-5H3/t12-,13-/m0/s1. The third-order valence-corrected chi connectivity index (χ3v) is 5.23. The van der Waals surface area contributed by atoms with Crippen molar-refractivity contribution in [2.75, 3.05) is 24.6 Å². The van der Waals surface area contributed by atoms with Gasteiger partial charge < -0.3 is 9.64 Å². The van der Waals surface area contributed by atoms with Crippen LogP contribution in [0.25, 0.3) is 0 Å². The van der Waals surface area contributed by atoms with Crippen molar-refractivity contribution in [2.24, 2.45) is 11.8 Å². The van der Waals surface area contributed by atoms with Crippen LogP contribution in [-0.4, -0.2) is 51.4 Å². The van der Waals surface area contributed by atoms with E-state index in [9.17, 15) is 14.4 Å². The molecule has 0 N–H and O–H groups in total. The van der Waals surface area contributed by atoms with Gasteiger partial charge in [0.2, 0.25) is 0 Å². The van der Waals surface area contributed by atoms with Crippen molar-refractivity contribution in [1.29, 1.82) is 0 Å². The summed E-state index contributed by atoms with van der Waals surface area (Å²) in [4.78, 5) is 36.2. The highest BCUT2D eigenvalue weighted by molar-refractivity contribution is 8.13. The summed E-state index contributed by atoms with van der Waals surface area (Å²) in [7, 11) is 0. The van der Waals surface area contributed by atoms with Gasteiger partial charge >= 0.3 is 6.09 Å². The summed E-state index contributed by atoms with van der Waals surface area (Å²) in [5.74, 6) is 1.79. The van der Waals surface area contributed by atoms with E-state index in [0.29, 0.717) is 24.6 Å². The van der Waals surface area contributed by atoms with E-state index in [0.717, 1.165) is 0 Å². The average molecular weight is 348 g/mol. The van der Waals surface area contributed by atoms with E-state index in [1.165, 1.54) is 23.5 Å². The third kappa shape index (κ3) is 7.05. The second-order valence-electron chi connectivity index (χ2n) is 6.51. The zero-order chi connectivity index (χ0) is 16.9. The molecule has 1 aliphatic heterocycles. The van der Waals surface area contributed by atoms with Crippen molar-refractivity contribution in [2.45, 2.75) is 40.2 Å². The number of carbonyl (C=O) groups is 3. The molecule has 1 saturated heterocycles. The zero-order valence-electron chi connectivity index (χ0n) is 13.9. The van der Waals surface area contributed by atoms with E-state index in [4.69, 9.17) is 4.74 Å². The lowest BCUT2D eigenvalue weighted by Crippen LogP contribution is -2.35. The number of hydrogen-bond acceptors (Lipinski definition) is 6. The van der Waals surface area contributed by atoms with E-state index >= 15 is 0 Å². The number of ether oxygens (including phenoxy) is 1. The van der Waals surface area contributed by atoms with Crippen molar-refractivity contribution >= 4 is 39.8 Å². The van der Waals surface area contributed by atoms with E-state index < -0.39 is 5.60 Å². The maximum Gasteiger partial charge on any atom is 0.410 e. The molecule has 1 aliphatic rings. The van der Waals surface area contributed by atoms with E-state index in [1.54, 1.807) is 18.7 Å². The molecule has 2 atom stereocenters. The topological polar surface area (TPSA) is 63.7 Å². The molecule has 1 rings (SSSR count). The number of rotatable bonds is 4. The Hall–Kier alpha value is -0.690. The maximum absolute atomic E-state index is 12.2. The van der Waals surface area contributed by atoms with E-state index in [2.05, 4.69) is 0 Å². The summed E-state index contributed by atoms with van der Waals surface area (Å²) in [5.41, 5.74) is -0.521. The Morgan fingerprint density at radius 1 is 1.00 bits per heavy atom. The Morgan fingerprint density at radius 2 is 1.41 bits per heavy atom. The van der Waals surface area contributed by atoms with Crippen LogP contribution in [-0.2, 0) is 14.3 Å². The summed E-state index contributed by atoms with van der Waals surface area (Å²) < 4.78 is 5.41. The number of likely N-dealkylation sites (tertiary alicyclic amines) is 1. The third-order valence-electron chi connectivity index (χ3n) is 3.23. The van der Waals surface area contributed by atoms with Gasteiger partial charge in [0, 0.05) is 38.4 Å². The second kappa shape index (κ2) is 8.24. The molecule has 0 bridgehead atoms. The first-order valence-corrected chi connectivity index (χ1v) is 9.30. The van der Waals surface area contributed by atoms with Crippen molar-refractivity contribution in [3.8, 4) is 0 Å². The molecular weight excluding hydrogens is 322 g/mol. The highest BCUT2D eigenvalue weighted by atomic mass is 32.2. The predicted octanol–water partition coefficient (Wildman–Crippen LogP) is 3.03. The number of nitrogens with zero attached hydrogens (tertiary/aromatic N) is 1. The fourth-order valence-electron chi connectivity index (χ4n) is 2.24. The molecule has 5 nitrogen and oxygen atoms in total. The number of hydrogen-bond donors (Lipinski definition) is 0. The Labute approximate surface area is 140 Å². The average Bonchev–Trinajstić information content (AvgIpc) is 2.75. The van der Waals surface area contributed by atoms with E-state index in [-0.39, 0.29) is 28.2 Å². The largest absolute Gasteiger partial charge is 0.444 e. The lowest BCUT2D eigenvalue weighted by atomic mass is 10.0. The number of amides is 1. The second-order valence-corrected chi connectivity index (χ2v) is 8.90. The van der Waals surface area contributed by atoms with Crippen LogP contribution in [0.3, 0.4) is 0 Å². The molecule has 7 heteroatoms. The minimum atomic E-state index is -0.521. The van der Waals surface area contributed by atoms with Crippen molar-refractivity contribution < 1.29 is 19.1 Å². The molecule has 0 radical (unpaired) electrons. The van der Waals surface area contributed by atoms with Crippen LogP contribution in [0.2, 0.25) is 0 Å². The van der Waals surface area contributed by atoms with Crippen LogP contribution in [0.5, 0.6) is 0 Å². The lowest BCUT2D eigenvalue weighted by Gasteiger charge is -2.24. The van der Waals surface area contributed by atoms with Crippen molar-refractivity contribution in [3.05, 3.63) is 0 Å². The highest BCUT2D eigenvalue weighted by Gasteiger charge is 2.37. The van der Waals surface area contributed by atoms with Gasteiger partial charge in [-0.1, -0.05) is 23.5 Å². The van der Waals surface area contributed by atoms with E-state index in [1.807, 2.05) is 20.8 Å². The molecular formula is C15H25NO4S2. The quantitative estimate of drug-likeness (QED) is 0.779. The number of carbonyl (C=O) groups excluding carboxylic acids is 3. The molecule has 1 fully saturated rings. The van der Waals surface area contributed by atoms with Gasteiger partial charge in [0.05, 0.1) is 0 Å². The summed E-state index contributed by atoms with van der Waals surface area (Å²) in [5, 5.41) is 0.155. The van der Waals surface area contributed by atoms with Gasteiger partial charge in [-0.3, -0.25) is 9.59 Å². The fraction of sp³-hybridized carbons (Fsp3) is 0.800. The van der Waals surface area contributed by atoms with Crippen LogP contribution in [0.15, 0.2) is 0 Å². The molecule has 0 aromatic heterocycles. The Kier molecular flexibility index (Phi) is 7.25. The van der Waals surface area contributed by atoms with Gasteiger partial charge in [-0.2, -0.15) is 0 Å². The summed E-state index contributed by atoms with van der Waals surface area (Å²) >= 11 is 2.56. The van der Waals surface area contributed by atoms with Crippen LogP contribution < -0.4 is 0 Å². The smallest absolute Gasteiger partial charge is 0.410 e. The molecule has 126 valence electrons.